The van der Waals surface area contributed by atoms with E-state index >= 15 is 0 Å². The Labute approximate surface area is 289 Å². The van der Waals surface area contributed by atoms with Gasteiger partial charge < -0.3 is 46.0 Å². The number of ether oxygens (including phenoxy) is 4. The van der Waals surface area contributed by atoms with Crippen LogP contribution in [0.5, 0.6) is 0 Å². The number of nitrogens with one attached hydrogen (secondary N) is 3. The second-order valence-electron chi connectivity index (χ2n) is 12.1. The summed E-state index contributed by atoms with van der Waals surface area (Å²) in [4.78, 5) is 70.7. The lowest BCUT2D eigenvalue weighted by molar-refractivity contribution is -0.131. The maximum atomic E-state index is 13.3. The van der Waals surface area contributed by atoms with Gasteiger partial charge in [0.15, 0.2) is 5.78 Å². The summed E-state index contributed by atoms with van der Waals surface area (Å²) in [7, 11) is 0. The Morgan fingerprint density at radius 3 is 2.24 bits per heavy atom. The Kier molecular flexibility index (Phi) is 21.9. The van der Waals surface area contributed by atoms with Gasteiger partial charge >= 0.3 is 0 Å². The lowest BCUT2D eigenvalue weighted by Crippen LogP contribution is -2.44. The van der Waals surface area contributed by atoms with Crippen LogP contribution < -0.4 is 22.1 Å². The number of likely N-dealkylation sites (tertiary alicyclic amines) is 1. The summed E-state index contributed by atoms with van der Waals surface area (Å²) in [5.74, 6) is -1.85. The average molecular weight is 696 g/mol. The zero-order valence-corrected chi connectivity index (χ0v) is 29.0. The van der Waals surface area contributed by atoms with Crippen molar-refractivity contribution in [2.75, 3.05) is 79.0 Å². The highest BCUT2D eigenvalue weighted by Gasteiger charge is 2.33. The average Bonchev–Trinajstić information content (AvgIpc) is 3.77. The van der Waals surface area contributed by atoms with Crippen LogP contribution in [0.3, 0.4) is 0 Å². The van der Waals surface area contributed by atoms with Gasteiger partial charge in [0.2, 0.25) is 17.7 Å². The maximum Gasteiger partial charge on any atom is 0.246 e. The van der Waals surface area contributed by atoms with E-state index in [1.165, 1.54) is 6.33 Å². The van der Waals surface area contributed by atoms with E-state index in [1.807, 2.05) is 0 Å². The number of H-pyrrole nitrogens is 1. The number of hydrogen-bond donors (Lipinski definition) is 5. The molecule has 278 valence electrons. The summed E-state index contributed by atoms with van der Waals surface area (Å²) < 4.78 is 21.4. The molecule has 1 aromatic rings. The summed E-state index contributed by atoms with van der Waals surface area (Å²) in [6, 6.07) is -1.25. The first-order valence-corrected chi connectivity index (χ1v) is 17.4. The van der Waals surface area contributed by atoms with Gasteiger partial charge in [-0.3, -0.25) is 28.9 Å². The fraction of sp³-hybridized carbons (Fsp3) is 0.758. The second-order valence-corrected chi connectivity index (χ2v) is 12.1. The topological polar surface area (TPSA) is 230 Å². The SMILES string of the molecule is CCCCOCCOCC(=O)NCCOCCOCC(=O)NCCCC[C@H](CC(=O)[C@@H](N)Cc1cnc[nH]1)C(=O)CN1CCC[C@H]1C(N)=O. The van der Waals surface area contributed by atoms with E-state index in [0.717, 1.165) is 25.0 Å². The molecule has 7 N–H and O–H groups in total. The van der Waals surface area contributed by atoms with Crippen LogP contribution in [0, 0.1) is 5.92 Å². The second kappa shape index (κ2) is 25.7. The van der Waals surface area contributed by atoms with Gasteiger partial charge in [-0.25, -0.2) is 4.98 Å². The van der Waals surface area contributed by atoms with Crippen molar-refractivity contribution in [3.8, 4) is 0 Å². The van der Waals surface area contributed by atoms with Crippen LogP contribution in [0.1, 0.15) is 64.0 Å². The Bertz CT molecular complexity index is 1110. The van der Waals surface area contributed by atoms with Gasteiger partial charge in [-0.2, -0.15) is 0 Å². The zero-order chi connectivity index (χ0) is 35.7. The fourth-order valence-corrected chi connectivity index (χ4v) is 5.31. The molecule has 3 atom stereocenters. The van der Waals surface area contributed by atoms with E-state index in [4.69, 9.17) is 30.4 Å². The van der Waals surface area contributed by atoms with Gasteiger partial charge in [0.25, 0.3) is 0 Å². The highest BCUT2D eigenvalue weighted by atomic mass is 16.5. The zero-order valence-electron chi connectivity index (χ0n) is 29.0. The standard InChI is InChI=1S/C33H57N7O9/c1-2-3-12-46-14-16-48-23-32(44)38-10-13-47-15-17-49-22-31(43)37-9-5-4-7-25(18-29(41)27(34)19-26-20-36-24-39-26)30(42)21-40-11-6-8-28(40)33(35)45/h20,24-25,27-28H,2-19,21-23,34H2,1H3,(H2,35,45)(H,36,39)(H,37,43)(H,38,44)/t25-,27+,28+/m1/s1. The molecule has 1 aromatic heterocycles. The molecule has 1 saturated heterocycles. The number of imidazole rings is 1. The Balaban J connectivity index is 1.58. The lowest BCUT2D eigenvalue weighted by atomic mass is 9.89. The van der Waals surface area contributed by atoms with Crippen molar-refractivity contribution < 1.29 is 42.9 Å². The third-order valence-corrected chi connectivity index (χ3v) is 8.08. The van der Waals surface area contributed by atoms with E-state index in [-0.39, 0.29) is 62.8 Å². The number of carbonyl (C=O) groups excluding carboxylic acids is 5. The molecule has 0 spiro atoms. The monoisotopic (exact) mass is 695 g/mol. The first-order chi connectivity index (χ1) is 23.7. The van der Waals surface area contributed by atoms with E-state index in [1.54, 1.807) is 11.1 Å². The number of carbonyl (C=O) groups is 5. The Hall–Kier alpha value is -3.28. The number of ketones is 2. The number of amides is 3. The van der Waals surface area contributed by atoms with Crippen LogP contribution in [0.4, 0.5) is 0 Å². The van der Waals surface area contributed by atoms with Crippen LogP contribution >= 0.6 is 0 Å². The van der Waals surface area contributed by atoms with Gasteiger partial charge in [-0.15, -0.1) is 0 Å². The van der Waals surface area contributed by atoms with Crippen LogP contribution in [0.25, 0.3) is 0 Å². The van der Waals surface area contributed by atoms with Gasteiger partial charge in [0.1, 0.15) is 19.0 Å². The number of aromatic amines is 1. The normalized spacial score (nSPS) is 15.9. The smallest absolute Gasteiger partial charge is 0.246 e. The highest BCUT2D eigenvalue weighted by molar-refractivity contribution is 5.91. The molecule has 0 aromatic carbocycles. The van der Waals surface area contributed by atoms with E-state index in [9.17, 15) is 24.0 Å². The molecule has 0 radical (unpaired) electrons. The van der Waals surface area contributed by atoms with E-state index in [2.05, 4.69) is 27.5 Å². The molecule has 0 aliphatic carbocycles. The lowest BCUT2D eigenvalue weighted by Gasteiger charge is -2.24. The molecule has 49 heavy (non-hydrogen) atoms. The van der Waals surface area contributed by atoms with E-state index in [0.29, 0.717) is 78.2 Å². The number of nitrogens with zero attached hydrogens (tertiary/aromatic N) is 2. The third kappa shape index (κ3) is 18.9. The number of nitrogens with two attached hydrogens (primary N) is 2. The number of rotatable bonds is 30. The van der Waals surface area contributed by atoms with Crippen LogP contribution in [0.2, 0.25) is 0 Å². The molecule has 3 amide bonds. The summed E-state index contributed by atoms with van der Waals surface area (Å²) in [5.41, 5.74) is 12.4. The van der Waals surface area contributed by atoms with Gasteiger partial charge in [-0.05, 0) is 38.6 Å². The van der Waals surface area contributed by atoms with Crippen molar-refractivity contribution in [1.29, 1.82) is 0 Å². The van der Waals surface area contributed by atoms with Crippen molar-refractivity contribution in [3.05, 3.63) is 18.2 Å². The van der Waals surface area contributed by atoms with Crippen molar-refractivity contribution in [2.24, 2.45) is 17.4 Å². The van der Waals surface area contributed by atoms with Crippen molar-refractivity contribution in [2.45, 2.75) is 76.8 Å². The maximum absolute atomic E-state index is 13.3. The van der Waals surface area contributed by atoms with Crippen molar-refractivity contribution in [3.63, 3.8) is 0 Å². The summed E-state index contributed by atoms with van der Waals surface area (Å²) in [5, 5.41) is 5.49. The number of aromatic nitrogens is 2. The molecule has 16 nitrogen and oxygen atoms in total. The van der Waals surface area contributed by atoms with Crippen LogP contribution in [-0.2, 0) is 49.3 Å². The number of Topliss-reactive ketones (excluding diaryl/α,β-unsaturated/α-hetero) is 2. The summed E-state index contributed by atoms with van der Waals surface area (Å²) in [6.07, 6.45) is 8.54. The minimum absolute atomic E-state index is 0.00135. The number of primary amides is 1. The van der Waals surface area contributed by atoms with Crippen molar-refractivity contribution >= 4 is 29.3 Å². The molecule has 0 bridgehead atoms. The minimum atomic E-state index is -0.776. The molecule has 1 fully saturated rings. The molecule has 2 rings (SSSR count). The van der Waals surface area contributed by atoms with Crippen LogP contribution in [-0.4, -0.2) is 135 Å². The van der Waals surface area contributed by atoms with Gasteiger partial charge in [0, 0.05) is 50.3 Å². The predicted molar refractivity (Wildman–Crippen MR) is 180 cm³/mol. The molecule has 1 aliphatic rings. The first kappa shape index (κ1) is 41.9. The van der Waals surface area contributed by atoms with Crippen LogP contribution in [0.15, 0.2) is 12.5 Å². The molecular formula is C33H57N7O9. The molecule has 2 heterocycles. The summed E-state index contributed by atoms with van der Waals surface area (Å²) >= 11 is 0. The summed E-state index contributed by atoms with van der Waals surface area (Å²) in [6.45, 7) is 5.63. The molecular weight excluding hydrogens is 638 g/mol. The number of unbranched alkanes of at least 4 members (excludes halogenated alkanes) is 2. The quantitative estimate of drug-likeness (QED) is 0.0650. The van der Waals surface area contributed by atoms with E-state index < -0.39 is 23.9 Å². The van der Waals surface area contributed by atoms with Gasteiger partial charge in [-0.1, -0.05) is 19.8 Å². The highest BCUT2D eigenvalue weighted by Crippen LogP contribution is 2.21. The third-order valence-electron chi connectivity index (χ3n) is 8.08. The minimum Gasteiger partial charge on any atom is -0.379 e. The fourth-order valence-electron chi connectivity index (χ4n) is 5.31. The predicted octanol–water partition coefficient (Wildman–Crippen LogP) is -0.357. The molecule has 0 saturated carbocycles. The Morgan fingerprint density at radius 2 is 1.59 bits per heavy atom. The number of hydrogen-bond acceptors (Lipinski definition) is 12. The Morgan fingerprint density at radius 1 is 0.918 bits per heavy atom. The van der Waals surface area contributed by atoms with Crippen molar-refractivity contribution in [1.82, 2.24) is 25.5 Å². The largest absolute Gasteiger partial charge is 0.379 e. The molecule has 16 heteroatoms. The first-order valence-electron chi connectivity index (χ1n) is 17.4. The molecule has 1 aliphatic heterocycles. The van der Waals surface area contributed by atoms with Gasteiger partial charge in [0.05, 0.1) is 58.0 Å². The molecule has 0 unspecified atom stereocenters.